The predicted molar refractivity (Wildman–Crippen MR) is 64.5 cm³/mol. The molecule has 0 saturated heterocycles. The zero-order chi connectivity index (χ0) is 11.6. The van der Waals surface area contributed by atoms with Gasteiger partial charge in [-0.1, -0.05) is 53.9 Å². The van der Waals surface area contributed by atoms with E-state index in [1.54, 1.807) is 13.0 Å². The van der Waals surface area contributed by atoms with Crippen LogP contribution in [0.3, 0.4) is 0 Å². The molecule has 0 aliphatic carbocycles. The number of alkyl halides is 3. The van der Waals surface area contributed by atoms with Gasteiger partial charge in [0.1, 0.15) is 5.82 Å². The van der Waals surface area contributed by atoms with Crippen molar-refractivity contribution in [1.82, 2.24) is 0 Å². The maximum Gasteiger partial charge on any atom is 0.191 e. The average molecular weight is 270 g/mol. The topological polar surface area (TPSA) is 0 Å². The second-order valence-electron chi connectivity index (χ2n) is 3.67. The van der Waals surface area contributed by atoms with Crippen LogP contribution in [0.1, 0.15) is 30.4 Å². The number of rotatable bonds is 2. The molecule has 0 N–H and O–H groups in total. The van der Waals surface area contributed by atoms with Gasteiger partial charge in [-0.3, -0.25) is 0 Å². The Morgan fingerprint density at radius 3 is 2.47 bits per heavy atom. The second-order valence-corrected chi connectivity index (χ2v) is 6.19. The minimum atomic E-state index is -1.29. The van der Waals surface area contributed by atoms with E-state index in [1.165, 1.54) is 6.07 Å². The first kappa shape index (κ1) is 13.1. The van der Waals surface area contributed by atoms with Crippen LogP contribution < -0.4 is 0 Å². The lowest BCUT2D eigenvalue weighted by Gasteiger charge is -2.19. The van der Waals surface area contributed by atoms with Gasteiger partial charge < -0.3 is 0 Å². The van der Waals surface area contributed by atoms with Crippen LogP contribution in [-0.4, -0.2) is 3.79 Å². The fourth-order valence-electron chi connectivity index (χ4n) is 1.62. The van der Waals surface area contributed by atoms with Crippen molar-refractivity contribution in [3.63, 3.8) is 0 Å². The lowest BCUT2D eigenvalue weighted by atomic mass is 9.94. The summed E-state index contributed by atoms with van der Waals surface area (Å²) in [6, 6.07) is 4.97. The maximum absolute atomic E-state index is 13.3. The zero-order valence-electron chi connectivity index (χ0n) is 8.53. The van der Waals surface area contributed by atoms with Crippen molar-refractivity contribution < 1.29 is 4.39 Å². The van der Waals surface area contributed by atoms with Gasteiger partial charge in [0.2, 0.25) is 0 Å². The van der Waals surface area contributed by atoms with Gasteiger partial charge in [0.15, 0.2) is 3.79 Å². The summed E-state index contributed by atoms with van der Waals surface area (Å²) in [5.74, 6) is -0.197. The van der Waals surface area contributed by atoms with Gasteiger partial charge in [-0.25, -0.2) is 4.39 Å². The van der Waals surface area contributed by atoms with Crippen LogP contribution in [0.15, 0.2) is 18.2 Å². The van der Waals surface area contributed by atoms with Crippen LogP contribution in [0.5, 0.6) is 0 Å². The lowest BCUT2D eigenvalue weighted by molar-refractivity contribution is 0.605. The predicted octanol–water partition coefficient (Wildman–Crippen LogP) is 5.00. The highest BCUT2D eigenvalue weighted by molar-refractivity contribution is 6.67. The summed E-state index contributed by atoms with van der Waals surface area (Å²) in [5, 5.41) is 0. The summed E-state index contributed by atoms with van der Waals surface area (Å²) in [7, 11) is 0. The zero-order valence-corrected chi connectivity index (χ0v) is 10.8. The summed E-state index contributed by atoms with van der Waals surface area (Å²) in [6.45, 7) is 3.66. The number of hydrogen-bond donors (Lipinski definition) is 0. The summed E-state index contributed by atoms with van der Waals surface area (Å²) < 4.78 is 12.0. The third kappa shape index (κ3) is 3.82. The van der Waals surface area contributed by atoms with Gasteiger partial charge in [-0.15, -0.1) is 0 Å². The first-order chi connectivity index (χ1) is 6.81. The van der Waals surface area contributed by atoms with Crippen LogP contribution in [-0.2, 0) is 0 Å². The lowest BCUT2D eigenvalue weighted by Crippen LogP contribution is -2.09. The third-order valence-electron chi connectivity index (χ3n) is 2.38. The molecule has 1 aromatic carbocycles. The maximum atomic E-state index is 13.3. The van der Waals surface area contributed by atoms with Gasteiger partial charge in [0.05, 0.1) is 0 Å². The van der Waals surface area contributed by atoms with E-state index in [-0.39, 0.29) is 11.7 Å². The molecule has 1 unspecified atom stereocenters. The molecular formula is C11H12Cl3F. The molecule has 0 spiro atoms. The molecule has 0 amide bonds. The van der Waals surface area contributed by atoms with E-state index >= 15 is 0 Å². The van der Waals surface area contributed by atoms with E-state index in [0.29, 0.717) is 12.0 Å². The minimum Gasteiger partial charge on any atom is -0.207 e. The molecule has 84 valence electrons. The molecule has 0 radical (unpaired) electrons. The summed E-state index contributed by atoms with van der Waals surface area (Å²) in [4.78, 5) is 0. The van der Waals surface area contributed by atoms with Gasteiger partial charge in [0.25, 0.3) is 0 Å². The Balaban J connectivity index is 2.92. The largest absolute Gasteiger partial charge is 0.207 e. The van der Waals surface area contributed by atoms with Crippen molar-refractivity contribution >= 4 is 34.8 Å². The molecule has 1 aromatic rings. The van der Waals surface area contributed by atoms with Gasteiger partial charge in [-0.2, -0.15) is 0 Å². The van der Waals surface area contributed by atoms with Crippen LogP contribution >= 0.6 is 34.8 Å². The smallest absolute Gasteiger partial charge is 0.191 e. The fourth-order valence-corrected chi connectivity index (χ4v) is 2.31. The Hall–Kier alpha value is 0.0200. The monoisotopic (exact) mass is 268 g/mol. The molecule has 0 nitrogen and oxygen atoms in total. The fraction of sp³-hybridized carbons (Fsp3) is 0.455. The number of benzene rings is 1. The van der Waals surface area contributed by atoms with Crippen LogP contribution in [0.2, 0.25) is 0 Å². The average Bonchev–Trinajstić information content (AvgIpc) is 2.06. The number of halogens is 4. The number of hydrogen-bond acceptors (Lipinski definition) is 0. The molecule has 0 aliphatic heterocycles. The van der Waals surface area contributed by atoms with E-state index in [4.69, 9.17) is 34.8 Å². The summed E-state index contributed by atoms with van der Waals surface area (Å²) in [6.07, 6.45) is 0.377. The van der Waals surface area contributed by atoms with E-state index in [9.17, 15) is 4.39 Å². The normalized spacial score (nSPS) is 14.0. The molecule has 1 rings (SSSR count). The third-order valence-corrected chi connectivity index (χ3v) is 2.84. The molecule has 0 aromatic heterocycles. The summed E-state index contributed by atoms with van der Waals surface area (Å²) >= 11 is 17.1. The molecule has 0 aliphatic rings. The van der Waals surface area contributed by atoms with Gasteiger partial charge in [-0.05, 0) is 30.0 Å². The van der Waals surface area contributed by atoms with Crippen LogP contribution in [0.4, 0.5) is 4.39 Å². The molecule has 0 heterocycles. The Labute approximate surface area is 104 Å². The van der Waals surface area contributed by atoms with Crippen molar-refractivity contribution in [3.8, 4) is 0 Å². The van der Waals surface area contributed by atoms with E-state index < -0.39 is 3.79 Å². The van der Waals surface area contributed by atoms with Crippen molar-refractivity contribution in [3.05, 3.63) is 35.1 Å². The molecule has 0 bridgehead atoms. The highest BCUT2D eigenvalue weighted by Crippen LogP contribution is 2.38. The summed E-state index contributed by atoms with van der Waals surface area (Å²) in [5.41, 5.74) is 1.51. The Morgan fingerprint density at radius 1 is 1.33 bits per heavy atom. The van der Waals surface area contributed by atoms with Crippen LogP contribution in [0.25, 0.3) is 0 Å². The first-order valence-corrected chi connectivity index (χ1v) is 5.76. The Bertz CT molecular complexity index is 344. The molecular weight excluding hydrogens is 257 g/mol. The van der Waals surface area contributed by atoms with Crippen molar-refractivity contribution in [2.24, 2.45) is 0 Å². The molecule has 15 heavy (non-hydrogen) atoms. The van der Waals surface area contributed by atoms with Gasteiger partial charge in [0, 0.05) is 6.42 Å². The minimum absolute atomic E-state index is 0.0215. The van der Waals surface area contributed by atoms with Crippen molar-refractivity contribution in [2.45, 2.75) is 30.0 Å². The van der Waals surface area contributed by atoms with Crippen molar-refractivity contribution in [2.75, 3.05) is 0 Å². The SMILES string of the molecule is Cc1c(F)cccc1C(C)CC(Cl)(Cl)Cl. The standard InChI is InChI=1S/C11H12Cl3F/c1-7(6-11(12,13)14)9-4-3-5-10(15)8(9)2/h3-5,7H,6H2,1-2H3. The van der Waals surface area contributed by atoms with Crippen LogP contribution in [0, 0.1) is 12.7 Å². The van der Waals surface area contributed by atoms with E-state index in [0.717, 1.165) is 5.56 Å². The van der Waals surface area contributed by atoms with E-state index in [1.807, 2.05) is 13.0 Å². The quantitative estimate of drug-likeness (QED) is 0.663. The molecule has 1 atom stereocenters. The van der Waals surface area contributed by atoms with E-state index in [2.05, 4.69) is 0 Å². The van der Waals surface area contributed by atoms with Crippen molar-refractivity contribution in [1.29, 1.82) is 0 Å². The Morgan fingerprint density at radius 2 is 1.93 bits per heavy atom. The first-order valence-electron chi connectivity index (χ1n) is 4.63. The second kappa shape index (κ2) is 4.90. The highest BCUT2D eigenvalue weighted by Gasteiger charge is 2.24. The highest BCUT2D eigenvalue weighted by atomic mass is 35.6. The molecule has 0 fully saturated rings. The molecule has 4 heteroatoms. The molecule has 0 saturated carbocycles. The van der Waals surface area contributed by atoms with Gasteiger partial charge >= 0.3 is 0 Å². The Kier molecular flexibility index (Phi) is 4.28.